The van der Waals surface area contributed by atoms with Gasteiger partial charge in [-0.25, -0.2) is 0 Å². The summed E-state index contributed by atoms with van der Waals surface area (Å²) in [7, 11) is 0. The SMILES string of the molecule is Cc1cccc2c1OC[C@@H]1C(C)(C)[C@@H](O[C@@H]3O[C@H](CO)[C@H](O)[C@H](O)[C@H]3O)CC[C@]21C. The molecular weight excluding hydrogens is 388 g/mol. The van der Waals surface area contributed by atoms with Crippen LogP contribution in [0.1, 0.15) is 44.7 Å². The number of hydrogen-bond donors (Lipinski definition) is 4. The van der Waals surface area contributed by atoms with E-state index in [1.807, 2.05) is 0 Å². The standard InChI is InChI=1S/C23H34O7/c1-12-6-5-7-13-20(12)28-11-15-22(2,3)16(8-9-23(13,15)4)30-21-19(27)18(26)17(25)14(10-24)29-21/h5-7,14-19,21,24-27H,8-11H2,1-4H3/t14-,15-,16+,17+,18+,19-,21+,23-/m1/s1. The zero-order chi connectivity index (χ0) is 21.8. The first-order valence-corrected chi connectivity index (χ1v) is 10.8. The fourth-order valence-corrected chi connectivity index (χ4v) is 5.79. The van der Waals surface area contributed by atoms with Gasteiger partial charge >= 0.3 is 0 Å². The lowest BCUT2D eigenvalue weighted by Gasteiger charge is -2.57. The summed E-state index contributed by atoms with van der Waals surface area (Å²) in [4.78, 5) is 0. The van der Waals surface area contributed by atoms with Crippen molar-refractivity contribution in [2.75, 3.05) is 13.2 Å². The number of aliphatic hydroxyl groups is 4. The zero-order valence-corrected chi connectivity index (χ0v) is 18.1. The average molecular weight is 423 g/mol. The molecule has 1 aromatic rings. The van der Waals surface area contributed by atoms with Crippen LogP contribution in [0.4, 0.5) is 0 Å². The molecule has 1 aliphatic carbocycles. The van der Waals surface area contributed by atoms with Gasteiger partial charge in [0.15, 0.2) is 6.29 Å². The van der Waals surface area contributed by atoms with Gasteiger partial charge in [0.25, 0.3) is 0 Å². The summed E-state index contributed by atoms with van der Waals surface area (Å²) < 4.78 is 18.0. The minimum Gasteiger partial charge on any atom is -0.493 e. The Morgan fingerprint density at radius 2 is 1.83 bits per heavy atom. The normalized spacial score (nSPS) is 42.7. The van der Waals surface area contributed by atoms with E-state index in [1.165, 1.54) is 5.56 Å². The van der Waals surface area contributed by atoms with Crippen LogP contribution in [0.25, 0.3) is 0 Å². The zero-order valence-electron chi connectivity index (χ0n) is 18.1. The monoisotopic (exact) mass is 422 g/mol. The number of rotatable bonds is 3. The van der Waals surface area contributed by atoms with E-state index in [9.17, 15) is 20.4 Å². The predicted molar refractivity (Wildman–Crippen MR) is 109 cm³/mol. The summed E-state index contributed by atoms with van der Waals surface area (Å²) in [5.74, 6) is 1.17. The molecule has 0 aromatic heterocycles. The third kappa shape index (κ3) is 3.27. The van der Waals surface area contributed by atoms with Gasteiger partial charge in [-0.1, -0.05) is 39.0 Å². The molecule has 0 amide bonds. The molecule has 0 radical (unpaired) electrons. The molecule has 8 atom stereocenters. The van der Waals surface area contributed by atoms with Gasteiger partial charge in [0.05, 0.1) is 19.3 Å². The molecule has 168 valence electrons. The minimum atomic E-state index is -1.44. The van der Waals surface area contributed by atoms with Crippen molar-refractivity contribution < 1.29 is 34.6 Å². The average Bonchev–Trinajstić information content (AvgIpc) is 2.70. The predicted octanol–water partition coefficient (Wildman–Crippen LogP) is 1.27. The van der Waals surface area contributed by atoms with Crippen molar-refractivity contribution in [1.29, 1.82) is 0 Å². The first-order chi connectivity index (χ1) is 14.1. The van der Waals surface area contributed by atoms with Gasteiger partial charge in [-0.05, 0) is 30.7 Å². The van der Waals surface area contributed by atoms with Crippen LogP contribution in [0.2, 0.25) is 0 Å². The van der Waals surface area contributed by atoms with Crippen LogP contribution in [-0.2, 0) is 14.9 Å². The smallest absolute Gasteiger partial charge is 0.186 e. The van der Waals surface area contributed by atoms with Crippen LogP contribution in [0.5, 0.6) is 5.75 Å². The summed E-state index contributed by atoms with van der Waals surface area (Å²) in [5, 5.41) is 40.0. The molecule has 0 spiro atoms. The van der Waals surface area contributed by atoms with Crippen LogP contribution in [-0.4, -0.2) is 70.4 Å². The molecule has 30 heavy (non-hydrogen) atoms. The maximum absolute atomic E-state index is 10.4. The van der Waals surface area contributed by atoms with Gasteiger partial charge in [0, 0.05) is 16.9 Å². The van der Waals surface area contributed by atoms with Crippen LogP contribution < -0.4 is 4.74 Å². The minimum absolute atomic E-state index is 0.0572. The number of hydrogen-bond acceptors (Lipinski definition) is 7. The molecule has 7 nitrogen and oxygen atoms in total. The van der Waals surface area contributed by atoms with Crippen molar-refractivity contribution in [3.63, 3.8) is 0 Å². The van der Waals surface area contributed by atoms with Gasteiger partial charge in [0.2, 0.25) is 0 Å². The number of aliphatic hydroxyl groups excluding tert-OH is 4. The second-order valence-corrected chi connectivity index (χ2v) is 9.91. The highest BCUT2D eigenvalue weighted by Gasteiger charge is 2.57. The van der Waals surface area contributed by atoms with Crippen molar-refractivity contribution in [2.24, 2.45) is 11.3 Å². The Morgan fingerprint density at radius 1 is 1.10 bits per heavy atom. The quantitative estimate of drug-likeness (QED) is 0.581. The number of para-hydroxylation sites is 1. The van der Waals surface area contributed by atoms with Crippen molar-refractivity contribution >= 4 is 0 Å². The molecule has 2 aliphatic heterocycles. The number of aryl methyl sites for hydroxylation is 1. The first kappa shape index (κ1) is 22.0. The van der Waals surface area contributed by atoms with Crippen LogP contribution in [0.15, 0.2) is 18.2 Å². The Labute approximate surface area is 177 Å². The summed E-state index contributed by atoms with van der Waals surface area (Å²) in [6.45, 7) is 8.77. The Morgan fingerprint density at radius 3 is 2.53 bits per heavy atom. The fourth-order valence-electron chi connectivity index (χ4n) is 5.79. The molecule has 4 N–H and O–H groups in total. The molecule has 0 bridgehead atoms. The van der Waals surface area contributed by atoms with Gasteiger partial charge in [-0.15, -0.1) is 0 Å². The third-order valence-electron chi connectivity index (χ3n) is 7.79. The van der Waals surface area contributed by atoms with Crippen LogP contribution in [0.3, 0.4) is 0 Å². The largest absolute Gasteiger partial charge is 0.493 e. The highest BCUT2D eigenvalue weighted by Crippen LogP contribution is 2.57. The molecule has 7 heteroatoms. The Bertz CT molecular complexity index is 779. The Kier molecular flexibility index (Phi) is 5.66. The second kappa shape index (κ2) is 7.73. The number of benzene rings is 1. The summed E-state index contributed by atoms with van der Waals surface area (Å²) in [6.07, 6.45) is -4.91. The first-order valence-electron chi connectivity index (χ1n) is 10.8. The molecule has 2 heterocycles. The van der Waals surface area contributed by atoms with E-state index in [0.717, 1.165) is 24.2 Å². The van der Waals surface area contributed by atoms with Crippen molar-refractivity contribution in [3.8, 4) is 5.75 Å². The lowest BCUT2D eigenvalue weighted by Crippen LogP contribution is -2.62. The van der Waals surface area contributed by atoms with E-state index in [0.29, 0.717) is 6.61 Å². The third-order valence-corrected chi connectivity index (χ3v) is 7.79. The molecule has 1 saturated heterocycles. The highest BCUT2D eigenvalue weighted by molar-refractivity contribution is 5.48. The molecule has 4 rings (SSSR count). The fraction of sp³-hybridized carbons (Fsp3) is 0.739. The Hall–Kier alpha value is -1.22. The van der Waals surface area contributed by atoms with E-state index in [-0.39, 0.29) is 22.9 Å². The van der Waals surface area contributed by atoms with E-state index in [4.69, 9.17) is 14.2 Å². The molecule has 0 unspecified atom stereocenters. The molecule has 1 saturated carbocycles. The maximum atomic E-state index is 10.4. The summed E-state index contributed by atoms with van der Waals surface area (Å²) in [6, 6.07) is 6.31. The second-order valence-electron chi connectivity index (χ2n) is 9.91. The van der Waals surface area contributed by atoms with E-state index in [2.05, 4.69) is 45.9 Å². The lowest BCUT2D eigenvalue weighted by atomic mass is 9.52. The van der Waals surface area contributed by atoms with Gasteiger partial charge < -0.3 is 34.6 Å². The molecule has 1 aromatic carbocycles. The van der Waals surface area contributed by atoms with Crippen molar-refractivity contribution in [1.82, 2.24) is 0 Å². The topological polar surface area (TPSA) is 109 Å². The highest BCUT2D eigenvalue weighted by atomic mass is 16.7. The number of ether oxygens (including phenoxy) is 3. The van der Waals surface area contributed by atoms with Crippen molar-refractivity contribution in [2.45, 2.75) is 82.8 Å². The Balaban J connectivity index is 1.58. The van der Waals surface area contributed by atoms with E-state index < -0.39 is 37.3 Å². The van der Waals surface area contributed by atoms with Gasteiger partial charge in [-0.3, -0.25) is 0 Å². The van der Waals surface area contributed by atoms with Crippen LogP contribution in [0, 0.1) is 18.3 Å². The number of fused-ring (bicyclic) bond motifs is 3. The molecular formula is C23H34O7. The molecule has 2 fully saturated rings. The van der Waals surface area contributed by atoms with Gasteiger partial charge in [-0.2, -0.15) is 0 Å². The van der Waals surface area contributed by atoms with Crippen LogP contribution >= 0.6 is 0 Å². The summed E-state index contributed by atoms with van der Waals surface area (Å²) >= 11 is 0. The lowest BCUT2D eigenvalue weighted by molar-refractivity contribution is -0.325. The van der Waals surface area contributed by atoms with Crippen molar-refractivity contribution in [3.05, 3.63) is 29.3 Å². The van der Waals surface area contributed by atoms with E-state index >= 15 is 0 Å². The summed E-state index contributed by atoms with van der Waals surface area (Å²) in [5.41, 5.74) is 2.02. The molecule has 3 aliphatic rings. The van der Waals surface area contributed by atoms with E-state index in [1.54, 1.807) is 0 Å². The maximum Gasteiger partial charge on any atom is 0.186 e. The van der Waals surface area contributed by atoms with Gasteiger partial charge in [0.1, 0.15) is 30.2 Å².